The number of carbonyl (C=O) groups excluding carboxylic acids is 1. The lowest BCUT2D eigenvalue weighted by atomic mass is 10.0. The lowest BCUT2D eigenvalue weighted by Gasteiger charge is -2.37. The molecule has 0 aliphatic carbocycles. The fourth-order valence-corrected chi connectivity index (χ4v) is 3.31. The number of nitriles is 1. The summed E-state index contributed by atoms with van der Waals surface area (Å²) in [6.45, 7) is 2.65. The van der Waals surface area contributed by atoms with Crippen LogP contribution in [0.4, 0.5) is 0 Å². The van der Waals surface area contributed by atoms with E-state index in [9.17, 15) is 10.1 Å². The molecule has 2 aliphatic heterocycles. The largest absolute Gasteiger partial charge is 0.454 e. The molecular weight excluding hydrogens is 332 g/mol. The van der Waals surface area contributed by atoms with Gasteiger partial charge in [-0.05, 0) is 29.8 Å². The fourth-order valence-electron chi connectivity index (χ4n) is 3.31. The lowest BCUT2D eigenvalue weighted by molar-refractivity contribution is 0.0606. The van der Waals surface area contributed by atoms with Crippen molar-refractivity contribution >= 4 is 5.91 Å². The van der Waals surface area contributed by atoms with Gasteiger partial charge < -0.3 is 14.4 Å². The van der Waals surface area contributed by atoms with Crippen LogP contribution in [0.15, 0.2) is 42.7 Å². The Balaban J connectivity index is 1.43. The summed E-state index contributed by atoms with van der Waals surface area (Å²) in [5, 5.41) is 9.68. The molecule has 7 heteroatoms. The molecule has 1 saturated heterocycles. The maximum atomic E-state index is 12.5. The highest BCUT2D eigenvalue weighted by atomic mass is 16.7. The Hall–Kier alpha value is -3.11. The number of ether oxygens (including phenoxy) is 2. The van der Waals surface area contributed by atoms with Crippen LogP contribution in [0, 0.1) is 11.3 Å². The summed E-state index contributed by atoms with van der Waals surface area (Å²) in [7, 11) is 0. The smallest absolute Gasteiger partial charge is 0.255 e. The van der Waals surface area contributed by atoms with Crippen LogP contribution in [0.5, 0.6) is 11.5 Å². The van der Waals surface area contributed by atoms with Crippen molar-refractivity contribution in [2.45, 2.75) is 6.04 Å². The predicted molar refractivity (Wildman–Crippen MR) is 92.6 cm³/mol. The molecule has 7 nitrogen and oxygen atoms in total. The third-order valence-corrected chi connectivity index (χ3v) is 4.71. The summed E-state index contributed by atoms with van der Waals surface area (Å²) < 4.78 is 10.7. The van der Waals surface area contributed by atoms with Crippen molar-refractivity contribution in [2.75, 3.05) is 33.0 Å². The van der Waals surface area contributed by atoms with Crippen molar-refractivity contribution in [3.05, 3.63) is 53.9 Å². The summed E-state index contributed by atoms with van der Waals surface area (Å²) in [5.41, 5.74) is 1.47. The minimum Gasteiger partial charge on any atom is -0.454 e. The maximum Gasteiger partial charge on any atom is 0.255 e. The first kappa shape index (κ1) is 16.4. The molecule has 1 unspecified atom stereocenters. The predicted octanol–water partition coefficient (Wildman–Crippen LogP) is 1.83. The first-order valence-corrected chi connectivity index (χ1v) is 8.49. The number of carbonyl (C=O) groups is 1. The number of hydrogen-bond acceptors (Lipinski definition) is 6. The van der Waals surface area contributed by atoms with E-state index in [1.807, 2.05) is 23.1 Å². The summed E-state index contributed by atoms with van der Waals surface area (Å²) >= 11 is 0. The van der Waals surface area contributed by atoms with Gasteiger partial charge in [-0.1, -0.05) is 6.07 Å². The quantitative estimate of drug-likeness (QED) is 0.840. The molecule has 0 bridgehead atoms. The number of fused-ring (bicyclic) bond motifs is 1. The number of aromatic nitrogens is 1. The van der Waals surface area contributed by atoms with E-state index in [4.69, 9.17) is 9.47 Å². The van der Waals surface area contributed by atoms with Crippen molar-refractivity contribution in [1.82, 2.24) is 14.8 Å². The van der Waals surface area contributed by atoms with E-state index in [2.05, 4.69) is 16.0 Å². The Morgan fingerprint density at radius 2 is 1.96 bits per heavy atom. The minimum absolute atomic E-state index is 0.0191. The molecule has 26 heavy (non-hydrogen) atoms. The van der Waals surface area contributed by atoms with E-state index in [0.717, 1.165) is 5.56 Å². The van der Waals surface area contributed by atoms with Crippen molar-refractivity contribution in [1.29, 1.82) is 5.26 Å². The molecule has 0 spiro atoms. The third kappa shape index (κ3) is 3.07. The van der Waals surface area contributed by atoms with Crippen LogP contribution in [0.3, 0.4) is 0 Å². The van der Waals surface area contributed by atoms with E-state index in [1.54, 1.807) is 24.5 Å². The zero-order valence-corrected chi connectivity index (χ0v) is 14.2. The van der Waals surface area contributed by atoms with Crippen molar-refractivity contribution in [3.63, 3.8) is 0 Å². The molecule has 1 aromatic heterocycles. The van der Waals surface area contributed by atoms with Gasteiger partial charge in [0.1, 0.15) is 6.04 Å². The van der Waals surface area contributed by atoms with E-state index in [1.165, 1.54) is 0 Å². The monoisotopic (exact) mass is 350 g/mol. The molecule has 1 fully saturated rings. The SMILES string of the molecule is N#CC(c1ccc2c(c1)OCO2)N1CCN(C(=O)c2cccnc2)CC1. The van der Waals surface area contributed by atoms with Gasteiger partial charge in [0.25, 0.3) is 5.91 Å². The minimum atomic E-state index is -0.375. The van der Waals surface area contributed by atoms with Gasteiger partial charge in [-0.3, -0.25) is 14.7 Å². The van der Waals surface area contributed by atoms with Crippen LogP contribution in [0.2, 0.25) is 0 Å². The van der Waals surface area contributed by atoms with Gasteiger partial charge in [-0.15, -0.1) is 0 Å². The molecule has 4 rings (SSSR count). The lowest BCUT2D eigenvalue weighted by Crippen LogP contribution is -2.49. The number of benzene rings is 1. The molecule has 132 valence electrons. The second kappa shape index (κ2) is 7.02. The molecule has 1 amide bonds. The van der Waals surface area contributed by atoms with Gasteiger partial charge in [-0.25, -0.2) is 0 Å². The highest BCUT2D eigenvalue weighted by Gasteiger charge is 2.28. The van der Waals surface area contributed by atoms with Gasteiger partial charge in [0.15, 0.2) is 11.5 Å². The van der Waals surface area contributed by atoms with E-state index < -0.39 is 0 Å². The molecule has 0 saturated carbocycles. The summed E-state index contributed by atoms with van der Waals surface area (Å²) in [6, 6.07) is 11.1. The zero-order valence-electron chi connectivity index (χ0n) is 14.2. The van der Waals surface area contributed by atoms with Crippen LogP contribution >= 0.6 is 0 Å². The molecule has 2 aromatic rings. The Kier molecular flexibility index (Phi) is 4.42. The number of pyridine rings is 1. The summed E-state index contributed by atoms with van der Waals surface area (Å²) in [6.07, 6.45) is 3.23. The normalized spacial score (nSPS) is 17.6. The standard InChI is InChI=1S/C19H18N4O3/c20-11-16(14-3-4-17-18(10-14)26-13-25-17)22-6-8-23(9-7-22)19(24)15-2-1-5-21-12-15/h1-5,10,12,16H,6-9,13H2. The maximum absolute atomic E-state index is 12.5. The number of amides is 1. The first-order valence-electron chi connectivity index (χ1n) is 8.49. The highest BCUT2D eigenvalue weighted by Crippen LogP contribution is 2.35. The van der Waals surface area contributed by atoms with E-state index >= 15 is 0 Å². The Morgan fingerprint density at radius 3 is 2.69 bits per heavy atom. The molecule has 2 aliphatic rings. The highest BCUT2D eigenvalue weighted by molar-refractivity contribution is 5.93. The molecule has 1 aromatic carbocycles. The van der Waals surface area contributed by atoms with Crippen LogP contribution < -0.4 is 9.47 Å². The third-order valence-electron chi connectivity index (χ3n) is 4.71. The number of hydrogen-bond donors (Lipinski definition) is 0. The zero-order chi connectivity index (χ0) is 17.9. The van der Waals surface area contributed by atoms with Gasteiger partial charge in [0.2, 0.25) is 6.79 Å². The van der Waals surface area contributed by atoms with Crippen molar-refractivity contribution in [2.24, 2.45) is 0 Å². The number of piperazine rings is 1. The number of rotatable bonds is 3. The van der Waals surface area contributed by atoms with E-state index in [-0.39, 0.29) is 18.7 Å². The Bertz CT molecular complexity index is 842. The van der Waals surface area contributed by atoms with Gasteiger partial charge in [-0.2, -0.15) is 5.26 Å². The Labute approximate surface area is 151 Å². The van der Waals surface area contributed by atoms with Crippen LogP contribution in [-0.4, -0.2) is 53.7 Å². The second-order valence-corrected chi connectivity index (χ2v) is 6.21. The van der Waals surface area contributed by atoms with Gasteiger partial charge in [0.05, 0.1) is 11.6 Å². The average Bonchev–Trinajstić information content (AvgIpc) is 3.17. The molecule has 0 radical (unpaired) electrons. The average molecular weight is 350 g/mol. The van der Waals surface area contributed by atoms with Crippen LogP contribution in [0.1, 0.15) is 22.0 Å². The second-order valence-electron chi connectivity index (χ2n) is 6.21. The summed E-state index contributed by atoms with van der Waals surface area (Å²) in [4.78, 5) is 20.4. The topological polar surface area (TPSA) is 78.7 Å². The molecule has 1 atom stereocenters. The van der Waals surface area contributed by atoms with E-state index in [0.29, 0.717) is 43.2 Å². The van der Waals surface area contributed by atoms with Gasteiger partial charge >= 0.3 is 0 Å². The van der Waals surface area contributed by atoms with Crippen LogP contribution in [-0.2, 0) is 0 Å². The molecule has 3 heterocycles. The molecular formula is C19H18N4O3. The van der Waals surface area contributed by atoms with Gasteiger partial charge in [0, 0.05) is 38.6 Å². The molecule has 0 N–H and O–H groups in total. The first-order chi connectivity index (χ1) is 12.8. The van der Waals surface area contributed by atoms with Crippen LogP contribution in [0.25, 0.3) is 0 Å². The fraction of sp³-hybridized carbons (Fsp3) is 0.316. The van der Waals surface area contributed by atoms with Crippen molar-refractivity contribution < 1.29 is 14.3 Å². The number of nitrogens with zero attached hydrogens (tertiary/aromatic N) is 4. The summed E-state index contributed by atoms with van der Waals surface area (Å²) in [5.74, 6) is 1.36. The van der Waals surface area contributed by atoms with Crippen molar-refractivity contribution in [3.8, 4) is 17.6 Å². The Morgan fingerprint density at radius 1 is 1.15 bits per heavy atom.